The van der Waals surface area contributed by atoms with E-state index in [4.69, 9.17) is 4.74 Å². The predicted octanol–water partition coefficient (Wildman–Crippen LogP) is 2.10. The maximum atomic E-state index is 12.2. The molecule has 150 valence electrons. The number of nitrogens with zero attached hydrogens (tertiary/aromatic N) is 2. The molecule has 2 aromatic carbocycles. The summed E-state index contributed by atoms with van der Waals surface area (Å²) < 4.78 is 33.4. The fourth-order valence-electron chi connectivity index (χ4n) is 2.47. The van der Waals surface area contributed by atoms with Crippen molar-refractivity contribution in [2.24, 2.45) is 0 Å². The molecular formula is C20H19N3O5S. The van der Waals surface area contributed by atoms with Crippen molar-refractivity contribution in [2.75, 3.05) is 6.54 Å². The molecule has 0 radical (unpaired) electrons. The van der Waals surface area contributed by atoms with Crippen molar-refractivity contribution in [1.82, 2.24) is 14.5 Å². The third-order valence-corrected chi connectivity index (χ3v) is 5.44. The van der Waals surface area contributed by atoms with E-state index in [1.54, 1.807) is 16.9 Å². The molecule has 0 aliphatic carbocycles. The normalized spacial score (nSPS) is 11.2. The van der Waals surface area contributed by atoms with Gasteiger partial charge in [0.2, 0.25) is 10.0 Å². The first-order valence-electron chi connectivity index (χ1n) is 8.71. The van der Waals surface area contributed by atoms with Gasteiger partial charge in [0.15, 0.2) is 5.78 Å². The molecule has 1 heterocycles. The highest BCUT2D eigenvalue weighted by atomic mass is 32.2. The largest absolute Gasteiger partial charge is 0.458 e. The Hall–Kier alpha value is -3.30. The van der Waals surface area contributed by atoms with Crippen LogP contribution in [0.15, 0.2) is 71.8 Å². The van der Waals surface area contributed by atoms with Gasteiger partial charge >= 0.3 is 5.97 Å². The molecule has 1 N–H and O–H groups in total. The molecular weight excluding hydrogens is 394 g/mol. The quantitative estimate of drug-likeness (QED) is 0.448. The number of aromatic nitrogens is 2. The predicted molar refractivity (Wildman–Crippen MR) is 105 cm³/mol. The Bertz CT molecular complexity index is 1110. The van der Waals surface area contributed by atoms with Gasteiger partial charge in [0.1, 0.15) is 18.8 Å². The molecule has 3 aromatic rings. The van der Waals surface area contributed by atoms with Crippen molar-refractivity contribution < 1.29 is 22.7 Å². The molecule has 1 aromatic heterocycles. The smallest absolute Gasteiger partial charge is 0.321 e. The Kier molecular flexibility index (Phi) is 6.20. The Labute approximate surface area is 168 Å². The van der Waals surface area contributed by atoms with Gasteiger partial charge in [0.05, 0.1) is 10.6 Å². The molecule has 29 heavy (non-hydrogen) atoms. The third kappa shape index (κ3) is 5.37. The van der Waals surface area contributed by atoms with E-state index in [9.17, 15) is 18.0 Å². The number of benzene rings is 2. The number of sulfonamides is 1. The van der Waals surface area contributed by atoms with Crippen LogP contribution in [0.25, 0.3) is 5.69 Å². The zero-order chi connectivity index (χ0) is 20.9. The molecule has 0 saturated heterocycles. The molecule has 0 spiro atoms. The summed E-state index contributed by atoms with van der Waals surface area (Å²) in [5, 5.41) is 4.30. The summed E-state index contributed by atoms with van der Waals surface area (Å²) in [6.07, 6.45) is 1.74. The number of carbonyl (C=O) groups excluding carboxylic acids is 2. The summed E-state index contributed by atoms with van der Waals surface area (Å²) in [5.74, 6) is -0.900. The molecule has 0 unspecified atom stereocenters. The molecule has 8 nitrogen and oxygen atoms in total. The van der Waals surface area contributed by atoms with E-state index >= 15 is 0 Å². The van der Waals surface area contributed by atoms with Crippen molar-refractivity contribution in [3.05, 3.63) is 78.1 Å². The molecule has 3 rings (SSSR count). The number of hydrogen-bond acceptors (Lipinski definition) is 6. The van der Waals surface area contributed by atoms with Crippen LogP contribution < -0.4 is 4.72 Å². The number of para-hydroxylation sites is 1. The molecule has 0 atom stereocenters. The Balaban J connectivity index is 1.52. The molecule has 0 fully saturated rings. The second-order valence-corrected chi connectivity index (χ2v) is 7.92. The van der Waals surface area contributed by atoms with E-state index in [2.05, 4.69) is 9.82 Å². The Morgan fingerprint density at radius 3 is 2.38 bits per heavy atom. The van der Waals surface area contributed by atoms with Gasteiger partial charge in [-0.3, -0.25) is 9.59 Å². The number of rotatable bonds is 8. The molecule has 0 saturated carbocycles. The van der Waals surface area contributed by atoms with Crippen molar-refractivity contribution in [1.29, 1.82) is 0 Å². The lowest BCUT2D eigenvalue weighted by Crippen LogP contribution is -2.30. The highest BCUT2D eigenvalue weighted by molar-refractivity contribution is 7.89. The Morgan fingerprint density at radius 2 is 1.72 bits per heavy atom. The van der Waals surface area contributed by atoms with Crippen LogP contribution in [0.5, 0.6) is 0 Å². The summed E-state index contributed by atoms with van der Waals surface area (Å²) in [5.41, 5.74) is 1.80. The second-order valence-electron chi connectivity index (χ2n) is 6.15. The summed E-state index contributed by atoms with van der Waals surface area (Å²) in [6, 6.07) is 16.6. The van der Waals surface area contributed by atoms with Gasteiger partial charge in [-0.25, -0.2) is 13.1 Å². The minimum atomic E-state index is -3.89. The highest BCUT2D eigenvalue weighted by Gasteiger charge is 2.16. The van der Waals surface area contributed by atoms with Crippen LogP contribution in [0.4, 0.5) is 0 Å². The minimum Gasteiger partial charge on any atom is -0.458 e. The van der Waals surface area contributed by atoms with E-state index < -0.39 is 22.5 Å². The maximum absolute atomic E-state index is 12.2. The number of esters is 1. The van der Waals surface area contributed by atoms with Crippen LogP contribution >= 0.6 is 0 Å². The SMILES string of the molecule is CC(=O)c1ccc(S(=O)(=O)NCC(=O)OCc2ccn(-c3ccccc3)n2)cc1. The standard InChI is InChI=1S/C20H19N3O5S/c1-15(24)16-7-9-19(10-8-16)29(26,27)21-13-20(25)28-14-17-11-12-23(22-17)18-5-3-2-4-6-18/h2-12,21H,13-14H2,1H3. The molecule has 9 heteroatoms. The fourth-order valence-corrected chi connectivity index (χ4v) is 3.44. The summed E-state index contributed by atoms with van der Waals surface area (Å²) in [7, 11) is -3.89. The van der Waals surface area contributed by atoms with E-state index in [0.717, 1.165) is 5.69 Å². The summed E-state index contributed by atoms with van der Waals surface area (Å²) >= 11 is 0. The molecule has 0 amide bonds. The topological polar surface area (TPSA) is 107 Å². The first-order valence-corrected chi connectivity index (χ1v) is 10.2. The average Bonchev–Trinajstić information content (AvgIpc) is 3.20. The highest BCUT2D eigenvalue weighted by Crippen LogP contribution is 2.11. The van der Waals surface area contributed by atoms with E-state index in [1.807, 2.05) is 30.3 Å². The number of hydrogen-bond donors (Lipinski definition) is 1. The number of ether oxygens (including phenoxy) is 1. The van der Waals surface area contributed by atoms with Crippen LogP contribution in [0.2, 0.25) is 0 Å². The minimum absolute atomic E-state index is 0.0445. The molecule has 0 aliphatic heterocycles. The van der Waals surface area contributed by atoms with E-state index in [1.165, 1.54) is 31.2 Å². The van der Waals surface area contributed by atoms with Crippen LogP contribution in [0.1, 0.15) is 23.0 Å². The lowest BCUT2D eigenvalue weighted by molar-refractivity contribution is -0.143. The maximum Gasteiger partial charge on any atom is 0.321 e. The summed E-state index contributed by atoms with van der Waals surface area (Å²) in [6.45, 7) is 0.796. The van der Waals surface area contributed by atoms with Gasteiger partial charge in [0.25, 0.3) is 0 Å². The average molecular weight is 413 g/mol. The van der Waals surface area contributed by atoms with Gasteiger partial charge < -0.3 is 4.74 Å². The number of carbonyl (C=O) groups is 2. The fraction of sp³-hybridized carbons (Fsp3) is 0.150. The zero-order valence-electron chi connectivity index (χ0n) is 15.6. The number of Topliss-reactive ketones (excluding diaryl/α,β-unsaturated/α-hetero) is 1. The van der Waals surface area contributed by atoms with Crippen LogP contribution in [0, 0.1) is 0 Å². The van der Waals surface area contributed by atoms with Gasteiger partial charge in [-0.2, -0.15) is 9.82 Å². The Morgan fingerprint density at radius 1 is 1.03 bits per heavy atom. The second kappa shape index (κ2) is 8.80. The van der Waals surface area contributed by atoms with Crippen LogP contribution in [-0.2, 0) is 26.2 Å². The molecule has 0 aliphatic rings. The monoisotopic (exact) mass is 413 g/mol. The van der Waals surface area contributed by atoms with Crippen LogP contribution in [-0.4, -0.2) is 36.5 Å². The first kappa shape index (κ1) is 20.4. The summed E-state index contributed by atoms with van der Waals surface area (Å²) in [4.78, 5) is 23.1. The zero-order valence-corrected chi connectivity index (χ0v) is 16.4. The van der Waals surface area contributed by atoms with Gasteiger partial charge in [-0.1, -0.05) is 30.3 Å². The molecule has 0 bridgehead atoms. The van der Waals surface area contributed by atoms with E-state index in [-0.39, 0.29) is 17.3 Å². The number of nitrogens with one attached hydrogen (secondary N) is 1. The van der Waals surface area contributed by atoms with E-state index in [0.29, 0.717) is 11.3 Å². The van der Waals surface area contributed by atoms with Gasteiger partial charge in [0, 0.05) is 11.8 Å². The van der Waals surface area contributed by atoms with Crippen molar-refractivity contribution in [3.8, 4) is 5.69 Å². The van der Waals surface area contributed by atoms with Crippen molar-refractivity contribution in [2.45, 2.75) is 18.4 Å². The lowest BCUT2D eigenvalue weighted by atomic mass is 10.2. The van der Waals surface area contributed by atoms with Crippen molar-refractivity contribution in [3.63, 3.8) is 0 Å². The first-order chi connectivity index (χ1) is 13.8. The van der Waals surface area contributed by atoms with Gasteiger partial charge in [-0.05, 0) is 37.3 Å². The van der Waals surface area contributed by atoms with Crippen LogP contribution in [0.3, 0.4) is 0 Å². The van der Waals surface area contributed by atoms with Crippen molar-refractivity contribution >= 4 is 21.8 Å². The van der Waals surface area contributed by atoms with Gasteiger partial charge in [-0.15, -0.1) is 0 Å². The number of ketones is 1. The lowest BCUT2D eigenvalue weighted by Gasteiger charge is -2.07. The third-order valence-electron chi connectivity index (χ3n) is 4.02.